The quantitative estimate of drug-likeness (QED) is 0.895. The molecule has 1 aliphatic rings. The Bertz CT molecular complexity index is 510. The van der Waals surface area contributed by atoms with Crippen LogP contribution in [0, 0.1) is 0 Å². The highest BCUT2D eigenvalue weighted by Gasteiger charge is 2.29. The van der Waals surface area contributed by atoms with Crippen LogP contribution < -0.4 is 5.32 Å². The third-order valence-electron chi connectivity index (χ3n) is 3.23. The Balaban J connectivity index is 2.09. The first kappa shape index (κ1) is 16.0. The van der Waals surface area contributed by atoms with Crippen LogP contribution in [-0.2, 0) is 9.47 Å². The molecule has 2 rings (SSSR count). The Morgan fingerprint density at radius 2 is 2.33 bits per heavy atom. The zero-order chi connectivity index (χ0) is 15.4. The smallest absolute Gasteiger partial charge is 0.254 e. The highest BCUT2D eigenvalue weighted by Crippen LogP contribution is 2.23. The molecular formula is C14H20ClN3O3. The van der Waals surface area contributed by atoms with E-state index in [1.807, 2.05) is 6.92 Å². The lowest BCUT2D eigenvalue weighted by atomic mass is 10.2. The van der Waals surface area contributed by atoms with Crippen molar-refractivity contribution >= 4 is 23.3 Å². The van der Waals surface area contributed by atoms with Gasteiger partial charge in [0.25, 0.3) is 5.91 Å². The Morgan fingerprint density at radius 3 is 2.95 bits per heavy atom. The molecule has 0 saturated carbocycles. The molecule has 21 heavy (non-hydrogen) atoms. The van der Waals surface area contributed by atoms with Gasteiger partial charge in [-0.25, -0.2) is 4.98 Å². The Hall–Kier alpha value is -1.37. The molecule has 0 bridgehead atoms. The van der Waals surface area contributed by atoms with E-state index in [2.05, 4.69) is 10.3 Å². The summed E-state index contributed by atoms with van der Waals surface area (Å²) in [5, 5.41) is 3.63. The molecule has 1 amide bonds. The van der Waals surface area contributed by atoms with Crippen LogP contribution >= 0.6 is 11.6 Å². The number of carbonyl (C=O) groups is 1. The van der Waals surface area contributed by atoms with Crippen LogP contribution in [0.25, 0.3) is 0 Å². The Morgan fingerprint density at radius 1 is 1.57 bits per heavy atom. The predicted octanol–water partition coefficient (Wildman–Crippen LogP) is 1.65. The van der Waals surface area contributed by atoms with Crippen LogP contribution in [0.15, 0.2) is 12.3 Å². The molecule has 1 N–H and O–H groups in total. The van der Waals surface area contributed by atoms with Gasteiger partial charge in [0.1, 0.15) is 11.9 Å². The number of hydrogen-bond donors (Lipinski definition) is 1. The standard InChI is InChI=1S/C14H20ClN3O3/c1-4-21-12-8-20-7-11(12)17-13-10(15)5-9(6-16-13)14(19)18(2)3/h5-6,11-12H,4,7-8H2,1-3H3,(H,16,17)/t11-,12-/m1/s1. The van der Waals surface area contributed by atoms with Crippen LogP contribution in [0.4, 0.5) is 5.82 Å². The summed E-state index contributed by atoms with van der Waals surface area (Å²) in [5.74, 6) is 0.402. The number of hydrogen-bond acceptors (Lipinski definition) is 5. The van der Waals surface area contributed by atoms with Crippen LogP contribution in [0.3, 0.4) is 0 Å². The van der Waals surface area contributed by atoms with Crippen molar-refractivity contribution < 1.29 is 14.3 Å². The van der Waals surface area contributed by atoms with Crippen LogP contribution in [-0.4, -0.2) is 61.9 Å². The van der Waals surface area contributed by atoms with E-state index in [9.17, 15) is 4.79 Å². The summed E-state index contributed by atoms with van der Waals surface area (Å²) in [4.78, 5) is 17.6. The Labute approximate surface area is 129 Å². The van der Waals surface area contributed by atoms with Crippen molar-refractivity contribution in [3.05, 3.63) is 22.8 Å². The van der Waals surface area contributed by atoms with E-state index in [1.54, 1.807) is 20.2 Å². The second-order valence-electron chi connectivity index (χ2n) is 5.04. The monoisotopic (exact) mass is 313 g/mol. The van der Waals surface area contributed by atoms with Crippen molar-refractivity contribution in [3.8, 4) is 0 Å². The van der Waals surface area contributed by atoms with Gasteiger partial charge in [0.15, 0.2) is 0 Å². The summed E-state index contributed by atoms with van der Waals surface area (Å²) in [5.41, 5.74) is 0.458. The van der Waals surface area contributed by atoms with Gasteiger partial charge in [-0.1, -0.05) is 11.6 Å². The van der Waals surface area contributed by atoms with E-state index in [1.165, 1.54) is 11.1 Å². The summed E-state index contributed by atoms with van der Waals surface area (Å²) in [6.45, 7) is 3.67. The first-order valence-corrected chi connectivity index (χ1v) is 7.23. The topological polar surface area (TPSA) is 63.7 Å². The van der Waals surface area contributed by atoms with Gasteiger partial charge in [-0.05, 0) is 13.0 Å². The summed E-state index contributed by atoms with van der Waals surface area (Å²) in [6, 6.07) is 1.62. The summed E-state index contributed by atoms with van der Waals surface area (Å²) in [6.07, 6.45) is 1.50. The minimum absolute atomic E-state index is 0.00495. The fourth-order valence-electron chi connectivity index (χ4n) is 2.14. The predicted molar refractivity (Wildman–Crippen MR) is 80.9 cm³/mol. The molecule has 7 heteroatoms. The SMILES string of the molecule is CCO[C@@H]1COC[C@H]1Nc1ncc(C(=O)N(C)C)cc1Cl. The minimum atomic E-state index is -0.132. The maximum Gasteiger partial charge on any atom is 0.254 e. The minimum Gasteiger partial charge on any atom is -0.376 e. The van der Waals surface area contributed by atoms with Gasteiger partial charge in [0, 0.05) is 26.9 Å². The average Bonchev–Trinajstić information content (AvgIpc) is 2.88. The highest BCUT2D eigenvalue weighted by molar-refractivity contribution is 6.33. The summed E-state index contributed by atoms with van der Waals surface area (Å²) >= 11 is 6.20. The van der Waals surface area contributed by atoms with Crippen molar-refractivity contribution in [1.82, 2.24) is 9.88 Å². The molecule has 0 aromatic carbocycles. The third kappa shape index (κ3) is 3.84. The average molecular weight is 314 g/mol. The van der Waals surface area contributed by atoms with Crippen molar-refractivity contribution in [2.24, 2.45) is 0 Å². The molecule has 6 nitrogen and oxygen atoms in total. The van der Waals surface area contributed by atoms with Crippen molar-refractivity contribution in [1.29, 1.82) is 0 Å². The Kier molecular flexibility index (Phi) is 5.39. The molecule has 0 unspecified atom stereocenters. The maximum absolute atomic E-state index is 11.9. The normalized spacial score (nSPS) is 21.3. The molecule has 1 aliphatic heterocycles. The van der Waals surface area contributed by atoms with Gasteiger partial charge in [0.2, 0.25) is 0 Å². The number of carbonyl (C=O) groups excluding carboxylic acids is 1. The molecule has 1 saturated heterocycles. The van der Waals surface area contributed by atoms with Crippen molar-refractivity contribution in [2.45, 2.75) is 19.1 Å². The number of anilines is 1. The van der Waals surface area contributed by atoms with Gasteiger partial charge in [-0.15, -0.1) is 0 Å². The number of rotatable bonds is 5. The molecule has 2 heterocycles. The zero-order valence-corrected chi connectivity index (χ0v) is 13.2. The van der Waals surface area contributed by atoms with Crippen molar-refractivity contribution in [3.63, 3.8) is 0 Å². The number of aromatic nitrogens is 1. The molecule has 0 aliphatic carbocycles. The second-order valence-corrected chi connectivity index (χ2v) is 5.44. The highest BCUT2D eigenvalue weighted by atomic mass is 35.5. The maximum atomic E-state index is 11.9. The lowest BCUT2D eigenvalue weighted by molar-refractivity contribution is 0.0478. The van der Waals surface area contributed by atoms with Gasteiger partial charge in [0.05, 0.1) is 29.8 Å². The zero-order valence-electron chi connectivity index (χ0n) is 12.4. The van der Waals surface area contributed by atoms with E-state index < -0.39 is 0 Å². The fourth-order valence-corrected chi connectivity index (χ4v) is 2.36. The van der Waals surface area contributed by atoms with Crippen molar-refractivity contribution in [2.75, 3.05) is 39.2 Å². The van der Waals surface area contributed by atoms with Gasteiger partial charge in [-0.2, -0.15) is 0 Å². The number of nitrogens with one attached hydrogen (secondary N) is 1. The molecular weight excluding hydrogens is 294 g/mol. The number of halogens is 1. The van der Waals surface area contributed by atoms with E-state index >= 15 is 0 Å². The van der Waals surface area contributed by atoms with E-state index in [0.29, 0.717) is 36.2 Å². The molecule has 1 fully saturated rings. The number of amides is 1. The first-order chi connectivity index (χ1) is 10.0. The number of ether oxygens (including phenoxy) is 2. The van der Waals surface area contributed by atoms with E-state index in [4.69, 9.17) is 21.1 Å². The van der Waals surface area contributed by atoms with Crippen LogP contribution in [0.5, 0.6) is 0 Å². The van der Waals surface area contributed by atoms with Gasteiger partial charge >= 0.3 is 0 Å². The molecule has 2 atom stereocenters. The fraction of sp³-hybridized carbons (Fsp3) is 0.571. The number of nitrogens with zero attached hydrogens (tertiary/aromatic N) is 2. The first-order valence-electron chi connectivity index (χ1n) is 6.86. The lowest BCUT2D eigenvalue weighted by Crippen LogP contribution is -2.34. The van der Waals surface area contributed by atoms with E-state index in [-0.39, 0.29) is 18.1 Å². The molecule has 0 radical (unpaired) electrons. The molecule has 1 aromatic heterocycles. The molecule has 116 valence electrons. The lowest BCUT2D eigenvalue weighted by Gasteiger charge is -2.20. The van der Waals surface area contributed by atoms with Gasteiger partial charge < -0.3 is 19.7 Å². The van der Waals surface area contributed by atoms with E-state index in [0.717, 1.165) is 0 Å². The molecule has 0 spiro atoms. The second kappa shape index (κ2) is 7.06. The van der Waals surface area contributed by atoms with Crippen LogP contribution in [0.2, 0.25) is 5.02 Å². The summed E-state index contributed by atoms with van der Waals surface area (Å²) < 4.78 is 11.0. The van der Waals surface area contributed by atoms with Crippen LogP contribution in [0.1, 0.15) is 17.3 Å². The third-order valence-corrected chi connectivity index (χ3v) is 3.51. The number of pyridine rings is 1. The molecule has 1 aromatic rings. The largest absolute Gasteiger partial charge is 0.376 e. The summed E-state index contributed by atoms with van der Waals surface area (Å²) in [7, 11) is 3.37. The van der Waals surface area contributed by atoms with Gasteiger partial charge in [-0.3, -0.25) is 4.79 Å².